The molecule has 0 radical (unpaired) electrons. The highest BCUT2D eigenvalue weighted by molar-refractivity contribution is 7.91. The van der Waals surface area contributed by atoms with Crippen LogP contribution in [-0.2, 0) is 20.0 Å². The van der Waals surface area contributed by atoms with Crippen LogP contribution in [0.5, 0.6) is 0 Å². The van der Waals surface area contributed by atoms with Gasteiger partial charge in [0, 0.05) is 11.1 Å². The fourth-order valence-corrected chi connectivity index (χ4v) is 3.54. The predicted molar refractivity (Wildman–Crippen MR) is 70.3 cm³/mol. The maximum atomic E-state index is 11.9. The Bertz CT molecular complexity index is 717. The quantitative estimate of drug-likeness (QED) is 0.568. The maximum Gasteiger partial charge on any atom is 0.264 e. The lowest BCUT2D eigenvalue weighted by Gasteiger charge is -2.05. The van der Waals surface area contributed by atoms with Crippen molar-refractivity contribution in [1.82, 2.24) is 0 Å². The molecule has 0 heterocycles. The van der Waals surface area contributed by atoms with Gasteiger partial charge in [-0.3, -0.25) is 14.1 Å². The molecule has 0 aliphatic rings. The molecule has 1 aromatic carbocycles. The highest BCUT2D eigenvalue weighted by Gasteiger charge is 2.17. The van der Waals surface area contributed by atoms with Crippen molar-refractivity contribution in [2.75, 3.05) is 11.5 Å². The van der Waals surface area contributed by atoms with Crippen LogP contribution in [0.1, 0.15) is 27.1 Å². The Balaban J connectivity index is 2.98. The maximum absolute atomic E-state index is 11.9. The molecule has 0 atom stereocenters. The molecule has 0 spiro atoms. The van der Waals surface area contributed by atoms with Crippen molar-refractivity contribution < 1.29 is 31.0 Å². The highest BCUT2D eigenvalue weighted by atomic mass is 32.2. The van der Waals surface area contributed by atoms with E-state index in [4.69, 9.17) is 4.55 Å². The van der Waals surface area contributed by atoms with Crippen LogP contribution >= 0.6 is 0 Å². The Morgan fingerprint density at radius 2 is 1.55 bits per heavy atom. The Kier molecular flexibility index (Phi) is 5.15. The lowest BCUT2D eigenvalue weighted by molar-refractivity contribution is 0.109. The van der Waals surface area contributed by atoms with Gasteiger partial charge in [-0.1, -0.05) is 0 Å². The van der Waals surface area contributed by atoms with Gasteiger partial charge in [0.2, 0.25) is 0 Å². The molecule has 0 saturated carbocycles. The summed E-state index contributed by atoms with van der Waals surface area (Å²) in [7, 11) is -8.01. The predicted octanol–water partition coefficient (Wildman–Crippen LogP) is 0.363. The SMILES string of the molecule is O=Cc1ccc(S(=O)(=O)CCCS(=O)(=O)O)cc1C=O. The molecule has 7 nitrogen and oxygen atoms in total. The van der Waals surface area contributed by atoms with Crippen molar-refractivity contribution in [1.29, 1.82) is 0 Å². The van der Waals surface area contributed by atoms with Gasteiger partial charge in [0.1, 0.15) is 0 Å². The van der Waals surface area contributed by atoms with Crippen molar-refractivity contribution in [3.05, 3.63) is 29.3 Å². The van der Waals surface area contributed by atoms with Crippen molar-refractivity contribution >= 4 is 32.5 Å². The highest BCUT2D eigenvalue weighted by Crippen LogP contribution is 2.16. The van der Waals surface area contributed by atoms with Crippen LogP contribution in [-0.4, -0.2) is 45.5 Å². The molecule has 0 amide bonds. The summed E-state index contributed by atoms with van der Waals surface area (Å²) in [5.41, 5.74) is 0.00717. The third-order valence-corrected chi connectivity index (χ3v) is 5.09. The second kappa shape index (κ2) is 6.25. The van der Waals surface area contributed by atoms with E-state index < -0.39 is 31.5 Å². The third kappa shape index (κ3) is 4.51. The zero-order chi connectivity index (χ0) is 15.4. The van der Waals surface area contributed by atoms with E-state index in [-0.39, 0.29) is 22.4 Å². The van der Waals surface area contributed by atoms with Crippen LogP contribution < -0.4 is 0 Å². The summed E-state index contributed by atoms with van der Waals surface area (Å²) in [5, 5.41) is 0. The van der Waals surface area contributed by atoms with E-state index in [2.05, 4.69) is 0 Å². The van der Waals surface area contributed by atoms with E-state index in [9.17, 15) is 26.4 Å². The minimum absolute atomic E-state index is 0.0594. The van der Waals surface area contributed by atoms with Gasteiger partial charge in [-0.25, -0.2) is 8.42 Å². The molecule has 0 bridgehead atoms. The van der Waals surface area contributed by atoms with Gasteiger partial charge in [0.25, 0.3) is 10.1 Å². The molecule has 20 heavy (non-hydrogen) atoms. The topological polar surface area (TPSA) is 123 Å². The zero-order valence-corrected chi connectivity index (χ0v) is 11.9. The summed E-state index contributed by atoms with van der Waals surface area (Å²) in [6.07, 6.45) is 0.520. The summed E-state index contributed by atoms with van der Waals surface area (Å²) in [5.74, 6) is -1.16. The van der Waals surface area contributed by atoms with Gasteiger partial charge in [-0.2, -0.15) is 8.42 Å². The number of sulfone groups is 1. The molecule has 1 N–H and O–H groups in total. The van der Waals surface area contributed by atoms with Crippen LogP contribution in [0.25, 0.3) is 0 Å². The van der Waals surface area contributed by atoms with E-state index in [1.807, 2.05) is 0 Å². The minimum Gasteiger partial charge on any atom is -0.298 e. The molecule has 0 saturated heterocycles. The summed E-state index contributed by atoms with van der Waals surface area (Å²) >= 11 is 0. The molecule has 0 unspecified atom stereocenters. The van der Waals surface area contributed by atoms with Crippen LogP contribution in [0.3, 0.4) is 0 Å². The lowest BCUT2D eigenvalue weighted by Crippen LogP contribution is -2.13. The van der Waals surface area contributed by atoms with Gasteiger partial charge in [-0.05, 0) is 24.6 Å². The van der Waals surface area contributed by atoms with Gasteiger partial charge in [-0.15, -0.1) is 0 Å². The smallest absolute Gasteiger partial charge is 0.264 e. The molecule has 110 valence electrons. The lowest BCUT2D eigenvalue weighted by atomic mass is 10.1. The Morgan fingerprint density at radius 3 is 2.05 bits per heavy atom. The van der Waals surface area contributed by atoms with Gasteiger partial charge < -0.3 is 0 Å². The monoisotopic (exact) mass is 320 g/mol. The van der Waals surface area contributed by atoms with Crippen molar-refractivity contribution in [3.8, 4) is 0 Å². The van der Waals surface area contributed by atoms with E-state index in [0.29, 0.717) is 12.6 Å². The molecule has 0 aliphatic carbocycles. The first kappa shape index (κ1) is 16.5. The first-order valence-corrected chi connectivity index (χ1v) is 8.68. The van der Waals surface area contributed by atoms with E-state index in [0.717, 1.165) is 6.07 Å². The normalized spacial score (nSPS) is 12.1. The Hall–Kier alpha value is -1.58. The summed E-state index contributed by atoms with van der Waals surface area (Å²) < 4.78 is 53.4. The summed E-state index contributed by atoms with van der Waals surface area (Å²) in [4.78, 5) is 21.2. The molecular weight excluding hydrogens is 308 g/mol. The van der Waals surface area contributed by atoms with Gasteiger partial charge in [0.15, 0.2) is 22.4 Å². The van der Waals surface area contributed by atoms with Crippen LogP contribution in [0.2, 0.25) is 0 Å². The third-order valence-electron chi connectivity index (χ3n) is 2.49. The van der Waals surface area contributed by atoms with Crippen molar-refractivity contribution in [2.45, 2.75) is 11.3 Å². The molecular formula is C11H12O7S2. The van der Waals surface area contributed by atoms with Crippen LogP contribution in [0.4, 0.5) is 0 Å². The number of carbonyl (C=O) groups is 2. The molecule has 0 aliphatic heterocycles. The fraction of sp³-hybridized carbons (Fsp3) is 0.273. The average molecular weight is 320 g/mol. The standard InChI is InChI=1S/C11H12O7S2/c12-7-9-2-3-11(6-10(9)8-13)19(14,15)4-1-5-20(16,17)18/h2-3,6-8H,1,4-5H2,(H,16,17,18). The number of carbonyl (C=O) groups excluding carboxylic acids is 2. The molecule has 9 heteroatoms. The van der Waals surface area contributed by atoms with E-state index in [1.165, 1.54) is 12.1 Å². The average Bonchev–Trinajstić information content (AvgIpc) is 2.36. The van der Waals surface area contributed by atoms with Gasteiger partial charge in [0.05, 0.1) is 16.4 Å². The number of aldehydes is 2. The van der Waals surface area contributed by atoms with E-state index in [1.54, 1.807) is 0 Å². The number of rotatable bonds is 7. The largest absolute Gasteiger partial charge is 0.298 e. The minimum atomic E-state index is -4.22. The first-order chi connectivity index (χ1) is 9.19. The second-order valence-corrected chi connectivity index (χ2v) is 7.67. The molecule has 0 fully saturated rings. The first-order valence-electron chi connectivity index (χ1n) is 5.42. The molecule has 1 aromatic rings. The van der Waals surface area contributed by atoms with Gasteiger partial charge >= 0.3 is 0 Å². The fourth-order valence-electron chi connectivity index (χ4n) is 1.50. The Morgan fingerprint density at radius 1 is 0.950 bits per heavy atom. The number of hydrogen-bond donors (Lipinski definition) is 1. The molecule has 1 rings (SSSR count). The number of hydrogen-bond acceptors (Lipinski definition) is 6. The summed E-state index contributed by atoms with van der Waals surface area (Å²) in [6.45, 7) is 0. The number of benzene rings is 1. The van der Waals surface area contributed by atoms with Crippen LogP contribution in [0, 0.1) is 0 Å². The second-order valence-electron chi connectivity index (χ2n) is 3.98. The van der Waals surface area contributed by atoms with Crippen LogP contribution in [0.15, 0.2) is 23.1 Å². The zero-order valence-electron chi connectivity index (χ0n) is 10.2. The van der Waals surface area contributed by atoms with E-state index >= 15 is 0 Å². The summed E-state index contributed by atoms with van der Waals surface area (Å²) in [6, 6.07) is 3.42. The van der Waals surface area contributed by atoms with Crippen molar-refractivity contribution in [2.24, 2.45) is 0 Å². The Labute approximate surface area is 116 Å². The molecule has 0 aromatic heterocycles. The van der Waals surface area contributed by atoms with Crippen molar-refractivity contribution in [3.63, 3.8) is 0 Å².